The summed E-state index contributed by atoms with van der Waals surface area (Å²) < 4.78 is 37.1. The fourth-order valence-corrected chi connectivity index (χ4v) is 6.00. The molecule has 12 heteroatoms. The van der Waals surface area contributed by atoms with Gasteiger partial charge in [0.1, 0.15) is 11.0 Å². The van der Waals surface area contributed by atoms with Crippen LogP contribution in [0.5, 0.6) is 5.88 Å². The van der Waals surface area contributed by atoms with E-state index in [4.69, 9.17) is 10.5 Å². The number of ether oxygens (including phenoxy) is 1. The van der Waals surface area contributed by atoms with Gasteiger partial charge in [-0.2, -0.15) is 5.10 Å². The molecule has 1 aliphatic rings. The van der Waals surface area contributed by atoms with Crippen LogP contribution in [-0.2, 0) is 4.79 Å². The van der Waals surface area contributed by atoms with Gasteiger partial charge < -0.3 is 10.5 Å². The number of benzene rings is 1. The molecule has 1 amide bonds. The van der Waals surface area contributed by atoms with E-state index < -0.39 is 24.5 Å². The van der Waals surface area contributed by atoms with Gasteiger partial charge in [0.15, 0.2) is 6.10 Å². The highest BCUT2D eigenvalue weighted by atomic mass is 32.1. The normalized spacial score (nSPS) is 17.1. The smallest absolute Gasteiger partial charge is 0.302 e. The lowest BCUT2D eigenvalue weighted by atomic mass is 9.83. The van der Waals surface area contributed by atoms with Crippen molar-refractivity contribution in [3.8, 4) is 11.6 Å². The highest BCUT2D eigenvalue weighted by Crippen LogP contribution is 2.41. The molecule has 0 spiro atoms. The maximum absolute atomic E-state index is 14.5. The van der Waals surface area contributed by atoms with Crippen molar-refractivity contribution in [2.75, 3.05) is 0 Å². The molecule has 0 bridgehead atoms. The first-order valence-corrected chi connectivity index (χ1v) is 13.8. The Bertz CT molecular complexity index is 1580. The van der Waals surface area contributed by atoms with Gasteiger partial charge in [0.25, 0.3) is 6.43 Å². The number of nitrogens with two attached hydrogens (primary N) is 1. The Morgan fingerprint density at radius 1 is 1.27 bits per heavy atom. The molecule has 3 aromatic heterocycles. The van der Waals surface area contributed by atoms with Crippen LogP contribution in [0.2, 0.25) is 0 Å². The summed E-state index contributed by atoms with van der Waals surface area (Å²) in [6.45, 7) is 3.73. The van der Waals surface area contributed by atoms with Gasteiger partial charge >= 0.3 is 5.91 Å². The number of aryl methyl sites for hydroxylation is 2. The molecule has 208 valence electrons. The van der Waals surface area contributed by atoms with Crippen LogP contribution in [0.1, 0.15) is 54.2 Å². The van der Waals surface area contributed by atoms with Crippen molar-refractivity contribution in [2.24, 2.45) is 16.8 Å². The molecule has 0 saturated heterocycles. The van der Waals surface area contributed by atoms with Gasteiger partial charge in [-0.15, -0.1) is 16.2 Å². The van der Waals surface area contributed by atoms with Crippen LogP contribution in [0.15, 0.2) is 53.4 Å². The molecule has 5 rings (SSSR count). The second-order valence-electron chi connectivity index (χ2n) is 9.98. The molecule has 0 saturated carbocycles. The fraction of sp³-hybridized carbons (Fsp3) is 0.357. The molecule has 4 aromatic rings. The van der Waals surface area contributed by atoms with Crippen LogP contribution in [0, 0.1) is 24.7 Å². The van der Waals surface area contributed by atoms with Gasteiger partial charge in [0.05, 0.1) is 22.9 Å². The number of nitroso groups, excluding NO2 is 1. The average Bonchev–Trinajstić information content (AvgIpc) is 3.58. The molecule has 1 aromatic carbocycles. The minimum atomic E-state index is -2.83. The van der Waals surface area contributed by atoms with Crippen molar-refractivity contribution >= 4 is 33.0 Å². The standard InChI is InChI=1S/C28H28F2N6O3S/c1-15-3-8-19(22(11-15)36-10-9-16(2)34-36)24(26(29)30)39-28-25-23(32-14-33-28)20(13-40-25)18-6-4-17(5-7-18)12-21(31)27(37)35-38/h3,6,8-11,13-14,17,21,24,26H,4-5,7,12,31H2,1-2H3. The highest BCUT2D eigenvalue weighted by Gasteiger charge is 2.30. The molecule has 0 fully saturated rings. The minimum absolute atomic E-state index is 0.0925. The number of allylic oxidation sites excluding steroid dienone is 2. The average molecular weight is 567 g/mol. The topological polar surface area (TPSA) is 125 Å². The monoisotopic (exact) mass is 566 g/mol. The van der Waals surface area contributed by atoms with E-state index in [2.05, 4.69) is 26.3 Å². The lowest BCUT2D eigenvalue weighted by molar-refractivity contribution is -0.119. The molecule has 40 heavy (non-hydrogen) atoms. The minimum Gasteiger partial charge on any atom is -0.462 e. The van der Waals surface area contributed by atoms with Gasteiger partial charge in [-0.25, -0.2) is 23.4 Å². The number of aromatic nitrogens is 4. The molecule has 9 nitrogen and oxygen atoms in total. The Morgan fingerprint density at radius 3 is 2.77 bits per heavy atom. The van der Waals surface area contributed by atoms with E-state index in [-0.39, 0.29) is 11.8 Å². The number of hydrogen-bond acceptors (Lipinski definition) is 8. The van der Waals surface area contributed by atoms with Crippen LogP contribution in [0.4, 0.5) is 8.78 Å². The van der Waals surface area contributed by atoms with Crippen LogP contribution in [-0.4, -0.2) is 38.1 Å². The number of nitrogens with zero attached hydrogens (tertiary/aromatic N) is 5. The van der Waals surface area contributed by atoms with Crippen molar-refractivity contribution in [1.29, 1.82) is 0 Å². The predicted octanol–water partition coefficient (Wildman–Crippen LogP) is 6.07. The van der Waals surface area contributed by atoms with Crippen LogP contribution < -0.4 is 10.5 Å². The number of rotatable bonds is 9. The maximum Gasteiger partial charge on any atom is 0.302 e. The Hall–Kier alpha value is -3.90. The molecule has 3 unspecified atom stereocenters. The zero-order chi connectivity index (χ0) is 28.4. The third-order valence-corrected chi connectivity index (χ3v) is 8.07. The van der Waals surface area contributed by atoms with Crippen molar-refractivity contribution in [2.45, 2.75) is 58.1 Å². The van der Waals surface area contributed by atoms with E-state index in [1.807, 2.05) is 25.3 Å². The number of amides is 1. The first-order valence-electron chi connectivity index (χ1n) is 12.9. The number of carbonyl (C=O) groups is 1. The number of halogens is 2. The van der Waals surface area contributed by atoms with Crippen molar-refractivity contribution in [1.82, 2.24) is 19.7 Å². The molecule has 0 radical (unpaired) electrons. The summed E-state index contributed by atoms with van der Waals surface area (Å²) in [6, 6.07) is 6.14. The maximum atomic E-state index is 14.5. The van der Waals surface area contributed by atoms with Crippen molar-refractivity contribution < 1.29 is 18.3 Å². The number of hydrogen-bond donors (Lipinski definition) is 1. The van der Waals surface area contributed by atoms with Crippen LogP contribution in [0.3, 0.4) is 0 Å². The summed E-state index contributed by atoms with van der Waals surface area (Å²) in [5.41, 5.74) is 10.9. The zero-order valence-corrected chi connectivity index (χ0v) is 22.8. The van der Waals surface area contributed by atoms with Gasteiger partial charge in [0, 0.05) is 27.9 Å². The Labute approximate surface area is 233 Å². The molecule has 2 N–H and O–H groups in total. The summed E-state index contributed by atoms with van der Waals surface area (Å²) in [6.07, 6.45) is 3.33. The number of thiophene rings is 1. The second-order valence-corrected chi connectivity index (χ2v) is 10.9. The van der Waals surface area contributed by atoms with E-state index >= 15 is 0 Å². The third-order valence-electron chi connectivity index (χ3n) is 7.11. The summed E-state index contributed by atoms with van der Waals surface area (Å²) in [5, 5.41) is 8.77. The molecule has 1 aliphatic carbocycles. The van der Waals surface area contributed by atoms with Crippen LogP contribution >= 0.6 is 11.3 Å². The zero-order valence-electron chi connectivity index (χ0n) is 22.0. The third kappa shape index (κ3) is 5.68. The summed E-state index contributed by atoms with van der Waals surface area (Å²) in [5.74, 6) is -0.575. The molecule has 3 heterocycles. The first-order chi connectivity index (χ1) is 19.2. The van der Waals surface area contributed by atoms with Gasteiger partial charge in [0.2, 0.25) is 5.88 Å². The number of carbonyl (C=O) groups excluding carboxylic acids is 1. The molecule has 3 atom stereocenters. The van der Waals surface area contributed by atoms with Gasteiger partial charge in [-0.3, -0.25) is 4.79 Å². The van der Waals surface area contributed by atoms with E-state index in [1.165, 1.54) is 17.7 Å². The fourth-order valence-electron chi connectivity index (χ4n) is 5.03. The van der Waals surface area contributed by atoms with Crippen molar-refractivity contribution in [3.05, 3.63) is 75.5 Å². The number of alkyl halides is 2. The van der Waals surface area contributed by atoms with Crippen LogP contribution in [0.25, 0.3) is 21.5 Å². The lowest BCUT2D eigenvalue weighted by Gasteiger charge is -2.23. The van der Waals surface area contributed by atoms with Crippen molar-refractivity contribution in [3.63, 3.8) is 0 Å². The van der Waals surface area contributed by atoms with E-state index in [9.17, 15) is 18.5 Å². The largest absolute Gasteiger partial charge is 0.462 e. The SMILES string of the molecule is Cc1ccc(C(Oc2ncnc3c(C4=CCC(CC(N)C(=O)N=O)CC4)csc23)C(F)F)c(-n2ccc(C)n2)c1. The Morgan fingerprint density at radius 2 is 2.10 bits per heavy atom. The molecule has 0 aliphatic heterocycles. The Kier molecular flexibility index (Phi) is 8.08. The predicted molar refractivity (Wildman–Crippen MR) is 149 cm³/mol. The summed E-state index contributed by atoms with van der Waals surface area (Å²) in [4.78, 5) is 30.6. The Balaban J connectivity index is 1.42. The molecular weight excluding hydrogens is 538 g/mol. The quantitative estimate of drug-likeness (QED) is 0.244. The first kappa shape index (κ1) is 27.7. The van der Waals surface area contributed by atoms with E-state index in [0.717, 1.165) is 35.2 Å². The lowest BCUT2D eigenvalue weighted by Crippen LogP contribution is -2.31. The molecular formula is C28H28F2N6O3S. The summed E-state index contributed by atoms with van der Waals surface area (Å²) >= 11 is 1.34. The van der Waals surface area contributed by atoms with E-state index in [1.54, 1.807) is 29.1 Å². The second kappa shape index (κ2) is 11.7. The summed E-state index contributed by atoms with van der Waals surface area (Å²) in [7, 11) is 0. The highest BCUT2D eigenvalue weighted by molar-refractivity contribution is 7.17. The van der Waals surface area contributed by atoms with Gasteiger partial charge in [-0.1, -0.05) is 18.2 Å². The van der Waals surface area contributed by atoms with E-state index in [0.29, 0.717) is 34.3 Å². The van der Waals surface area contributed by atoms with Gasteiger partial charge in [-0.05, 0) is 68.7 Å². The number of fused-ring (bicyclic) bond motifs is 1.